The van der Waals surface area contributed by atoms with Crippen molar-refractivity contribution in [2.24, 2.45) is 0 Å². The van der Waals surface area contributed by atoms with E-state index in [1.165, 1.54) is 9.58 Å². The minimum absolute atomic E-state index is 0.00335. The summed E-state index contributed by atoms with van der Waals surface area (Å²) in [6, 6.07) is 9.31. The molecule has 3 rings (SSSR count). The van der Waals surface area contributed by atoms with Crippen molar-refractivity contribution in [2.75, 3.05) is 31.8 Å². The van der Waals surface area contributed by atoms with Gasteiger partial charge < -0.3 is 15.0 Å². The molecule has 0 saturated heterocycles. The molecule has 2 amide bonds. The van der Waals surface area contributed by atoms with Crippen LogP contribution in [0.2, 0.25) is 0 Å². The number of carbonyl (C=O) groups is 3. The summed E-state index contributed by atoms with van der Waals surface area (Å²) in [6.45, 7) is 3.53. The summed E-state index contributed by atoms with van der Waals surface area (Å²) in [5, 5.41) is 15.1. The van der Waals surface area contributed by atoms with Crippen molar-refractivity contribution >= 4 is 45.9 Å². The highest BCUT2D eigenvalue weighted by atomic mass is 32.2. The fourth-order valence-electron chi connectivity index (χ4n) is 2.75. The molecule has 0 aliphatic carbocycles. The zero-order valence-electron chi connectivity index (χ0n) is 18.0. The molecule has 32 heavy (non-hydrogen) atoms. The maximum Gasteiger partial charge on any atom is 0.341 e. The zero-order chi connectivity index (χ0) is 23.3. The number of thioether (sulfide) groups is 1. The summed E-state index contributed by atoms with van der Waals surface area (Å²) < 4.78 is 6.66. The number of hydrogen-bond donors (Lipinski definition) is 1. The first-order chi connectivity index (χ1) is 15.3. The van der Waals surface area contributed by atoms with Gasteiger partial charge in [-0.25, -0.2) is 4.79 Å². The summed E-state index contributed by atoms with van der Waals surface area (Å²) >= 11 is 2.20. The van der Waals surface area contributed by atoms with Crippen LogP contribution in [0.25, 0.3) is 5.69 Å². The van der Waals surface area contributed by atoms with Gasteiger partial charge in [-0.1, -0.05) is 30.0 Å². The maximum atomic E-state index is 12.7. The first kappa shape index (κ1) is 23.4. The SMILES string of the molecule is CCOC(=O)c1c(NC(=O)CSc2nnnn2-c2ccccc2)sc(C(=O)N(C)C)c1C. The quantitative estimate of drug-likeness (QED) is 0.391. The lowest BCUT2D eigenvalue weighted by atomic mass is 10.1. The number of tetrazole rings is 1. The van der Waals surface area contributed by atoms with Crippen LogP contribution in [0.15, 0.2) is 35.5 Å². The molecular weight excluding hydrogens is 452 g/mol. The lowest BCUT2D eigenvalue weighted by molar-refractivity contribution is -0.113. The number of ether oxygens (including phenoxy) is 1. The number of carbonyl (C=O) groups excluding carboxylic acids is 3. The normalized spacial score (nSPS) is 10.6. The summed E-state index contributed by atoms with van der Waals surface area (Å²) in [6.07, 6.45) is 0. The van der Waals surface area contributed by atoms with Crippen LogP contribution in [0, 0.1) is 6.92 Å². The zero-order valence-corrected chi connectivity index (χ0v) is 19.6. The predicted molar refractivity (Wildman–Crippen MR) is 122 cm³/mol. The number of rotatable bonds is 8. The standard InChI is InChI=1S/C20H22N6O4S2/c1-5-30-19(29)15-12(2)16(18(28)25(3)4)32-17(15)21-14(27)11-31-20-22-23-24-26(20)13-9-7-6-8-10-13/h6-10H,5,11H2,1-4H3,(H,21,27). The lowest BCUT2D eigenvalue weighted by Crippen LogP contribution is -2.21. The highest BCUT2D eigenvalue weighted by molar-refractivity contribution is 7.99. The number of aromatic nitrogens is 4. The van der Waals surface area contributed by atoms with E-state index < -0.39 is 5.97 Å². The molecule has 2 heterocycles. The Morgan fingerprint density at radius 3 is 2.59 bits per heavy atom. The molecule has 0 aliphatic heterocycles. The minimum Gasteiger partial charge on any atom is -0.462 e. The van der Waals surface area contributed by atoms with Gasteiger partial charge in [-0.15, -0.1) is 16.4 Å². The first-order valence-corrected chi connectivity index (χ1v) is 11.4. The van der Waals surface area contributed by atoms with Gasteiger partial charge in [0.05, 0.1) is 28.5 Å². The molecular formula is C20H22N6O4S2. The summed E-state index contributed by atoms with van der Waals surface area (Å²) in [7, 11) is 3.24. The number of thiophene rings is 1. The molecule has 0 radical (unpaired) electrons. The van der Waals surface area contributed by atoms with E-state index in [-0.39, 0.29) is 34.7 Å². The predicted octanol–water partition coefficient (Wildman–Crippen LogP) is 2.64. The van der Waals surface area contributed by atoms with Gasteiger partial charge in [0.25, 0.3) is 5.91 Å². The Morgan fingerprint density at radius 2 is 1.94 bits per heavy atom. The van der Waals surface area contributed by atoms with Crippen LogP contribution in [0.1, 0.15) is 32.5 Å². The topological polar surface area (TPSA) is 119 Å². The van der Waals surface area contributed by atoms with E-state index in [0.717, 1.165) is 28.8 Å². The average Bonchev–Trinajstić information content (AvgIpc) is 3.36. The molecule has 0 spiro atoms. The molecule has 1 N–H and O–H groups in total. The molecule has 10 nitrogen and oxygen atoms in total. The van der Waals surface area contributed by atoms with Crippen LogP contribution in [0.4, 0.5) is 5.00 Å². The monoisotopic (exact) mass is 474 g/mol. The van der Waals surface area contributed by atoms with Crippen molar-refractivity contribution < 1.29 is 19.1 Å². The fraction of sp³-hybridized carbons (Fsp3) is 0.300. The number of esters is 1. The molecule has 12 heteroatoms. The molecule has 0 fully saturated rings. The summed E-state index contributed by atoms with van der Waals surface area (Å²) in [5.41, 5.74) is 1.43. The van der Waals surface area contributed by atoms with Gasteiger partial charge in [0.1, 0.15) is 5.00 Å². The number of amides is 2. The summed E-state index contributed by atoms with van der Waals surface area (Å²) in [5.74, 6) is -1.21. The number of nitrogens with one attached hydrogen (secondary N) is 1. The molecule has 168 valence electrons. The second-order valence-electron chi connectivity index (χ2n) is 6.73. The number of hydrogen-bond acceptors (Lipinski definition) is 9. The van der Waals surface area contributed by atoms with Crippen molar-refractivity contribution in [3.05, 3.63) is 46.3 Å². The van der Waals surface area contributed by atoms with Gasteiger partial charge in [-0.05, 0) is 42.0 Å². The third-order valence-corrected chi connectivity index (χ3v) is 6.37. The Hall–Kier alpha value is -3.25. The van der Waals surface area contributed by atoms with Crippen LogP contribution in [0.5, 0.6) is 0 Å². The number of anilines is 1. The molecule has 0 aliphatic rings. The van der Waals surface area contributed by atoms with Gasteiger partial charge >= 0.3 is 5.97 Å². The van der Waals surface area contributed by atoms with Crippen LogP contribution < -0.4 is 5.32 Å². The number of para-hydroxylation sites is 1. The molecule has 0 bridgehead atoms. The lowest BCUT2D eigenvalue weighted by Gasteiger charge is -2.09. The Kier molecular flexibility index (Phi) is 7.59. The van der Waals surface area contributed by atoms with E-state index in [0.29, 0.717) is 15.6 Å². The molecule has 0 unspecified atom stereocenters. The number of benzene rings is 1. The van der Waals surface area contributed by atoms with Crippen molar-refractivity contribution in [3.8, 4) is 5.69 Å². The maximum absolute atomic E-state index is 12.7. The van der Waals surface area contributed by atoms with Crippen molar-refractivity contribution in [1.29, 1.82) is 0 Å². The third-order valence-electron chi connectivity index (χ3n) is 4.25. The van der Waals surface area contributed by atoms with E-state index in [1.54, 1.807) is 27.9 Å². The summed E-state index contributed by atoms with van der Waals surface area (Å²) in [4.78, 5) is 39.4. The Labute approximate surface area is 192 Å². The van der Waals surface area contributed by atoms with Crippen molar-refractivity contribution in [3.63, 3.8) is 0 Å². The van der Waals surface area contributed by atoms with Crippen LogP contribution in [-0.4, -0.2) is 69.3 Å². The molecule has 2 aromatic heterocycles. The van der Waals surface area contributed by atoms with Crippen LogP contribution in [-0.2, 0) is 9.53 Å². The smallest absolute Gasteiger partial charge is 0.341 e. The van der Waals surface area contributed by atoms with E-state index in [4.69, 9.17) is 4.74 Å². The van der Waals surface area contributed by atoms with Gasteiger partial charge in [0.2, 0.25) is 11.1 Å². The Morgan fingerprint density at radius 1 is 1.22 bits per heavy atom. The van der Waals surface area contributed by atoms with Gasteiger partial charge in [-0.2, -0.15) is 4.68 Å². The van der Waals surface area contributed by atoms with E-state index in [1.807, 2.05) is 30.3 Å². The highest BCUT2D eigenvalue weighted by Gasteiger charge is 2.27. The molecule has 3 aromatic rings. The van der Waals surface area contributed by atoms with Crippen molar-refractivity contribution in [1.82, 2.24) is 25.1 Å². The largest absolute Gasteiger partial charge is 0.462 e. The first-order valence-electron chi connectivity index (χ1n) is 9.62. The average molecular weight is 475 g/mol. The fourth-order valence-corrected chi connectivity index (χ4v) is 4.67. The van der Waals surface area contributed by atoms with Crippen LogP contribution in [0.3, 0.4) is 0 Å². The van der Waals surface area contributed by atoms with E-state index in [2.05, 4.69) is 20.8 Å². The van der Waals surface area contributed by atoms with E-state index in [9.17, 15) is 14.4 Å². The van der Waals surface area contributed by atoms with E-state index >= 15 is 0 Å². The molecule has 0 atom stereocenters. The van der Waals surface area contributed by atoms with Gasteiger partial charge in [-0.3, -0.25) is 9.59 Å². The van der Waals surface area contributed by atoms with Gasteiger partial charge in [0.15, 0.2) is 0 Å². The third kappa shape index (κ3) is 5.14. The van der Waals surface area contributed by atoms with Crippen LogP contribution >= 0.6 is 23.1 Å². The molecule has 1 aromatic carbocycles. The van der Waals surface area contributed by atoms with Gasteiger partial charge in [0, 0.05) is 14.1 Å². The molecule has 0 saturated carbocycles. The number of nitrogens with zero attached hydrogens (tertiary/aromatic N) is 5. The highest BCUT2D eigenvalue weighted by Crippen LogP contribution is 2.34. The second kappa shape index (κ2) is 10.4. The Balaban J connectivity index is 1.78. The Bertz CT molecular complexity index is 1130. The minimum atomic E-state index is -0.588. The second-order valence-corrected chi connectivity index (χ2v) is 8.69. The van der Waals surface area contributed by atoms with Crippen molar-refractivity contribution in [2.45, 2.75) is 19.0 Å².